The summed E-state index contributed by atoms with van der Waals surface area (Å²) in [5.74, 6) is 0.451. The molecule has 120 valence electrons. The maximum Gasteiger partial charge on any atom is 0.315 e. The van der Waals surface area contributed by atoms with Crippen LogP contribution >= 0.6 is 0 Å². The van der Waals surface area contributed by atoms with Gasteiger partial charge in [-0.25, -0.2) is 4.79 Å². The Morgan fingerprint density at radius 2 is 2.09 bits per heavy atom. The SMILES string of the molecule is O=C(NCC1(O)CCC1)N[C@@H](c1ccccn1)C1CCCC1. The lowest BCUT2D eigenvalue weighted by atomic mass is 9.80. The molecule has 0 spiro atoms. The number of rotatable bonds is 5. The van der Waals surface area contributed by atoms with E-state index in [0.717, 1.165) is 37.8 Å². The van der Waals surface area contributed by atoms with Gasteiger partial charge in [-0.15, -0.1) is 0 Å². The molecule has 0 aromatic carbocycles. The molecule has 0 saturated heterocycles. The molecule has 2 amide bonds. The number of aromatic nitrogens is 1. The molecule has 5 nitrogen and oxygen atoms in total. The van der Waals surface area contributed by atoms with Crippen molar-refractivity contribution in [2.24, 2.45) is 5.92 Å². The van der Waals surface area contributed by atoms with Gasteiger partial charge < -0.3 is 15.7 Å². The highest BCUT2D eigenvalue weighted by atomic mass is 16.3. The topological polar surface area (TPSA) is 74.2 Å². The van der Waals surface area contributed by atoms with Gasteiger partial charge >= 0.3 is 6.03 Å². The van der Waals surface area contributed by atoms with Gasteiger partial charge in [-0.05, 0) is 50.2 Å². The van der Waals surface area contributed by atoms with Gasteiger partial charge in [0.2, 0.25) is 0 Å². The van der Waals surface area contributed by atoms with Gasteiger partial charge in [0.15, 0.2) is 0 Å². The van der Waals surface area contributed by atoms with E-state index in [-0.39, 0.29) is 12.1 Å². The molecule has 1 aromatic rings. The molecule has 0 bridgehead atoms. The van der Waals surface area contributed by atoms with Crippen LogP contribution in [0.5, 0.6) is 0 Å². The lowest BCUT2D eigenvalue weighted by Gasteiger charge is -2.36. The predicted molar refractivity (Wildman–Crippen MR) is 84.3 cm³/mol. The third kappa shape index (κ3) is 3.58. The van der Waals surface area contributed by atoms with E-state index in [4.69, 9.17) is 0 Å². The van der Waals surface area contributed by atoms with Crippen LogP contribution in [0.2, 0.25) is 0 Å². The van der Waals surface area contributed by atoms with Crippen LogP contribution in [0.4, 0.5) is 4.79 Å². The highest BCUT2D eigenvalue weighted by Crippen LogP contribution is 2.35. The molecule has 2 saturated carbocycles. The first kappa shape index (κ1) is 15.3. The predicted octanol–water partition coefficient (Wildman–Crippen LogP) is 2.53. The Kier molecular flexibility index (Phi) is 4.62. The maximum atomic E-state index is 12.2. The lowest BCUT2D eigenvalue weighted by molar-refractivity contribution is -0.0290. The van der Waals surface area contributed by atoms with E-state index in [0.29, 0.717) is 12.5 Å². The van der Waals surface area contributed by atoms with Gasteiger partial charge in [-0.1, -0.05) is 18.9 Å². The minimum absolute atomic E-state index is 0.0419. The Hall–Kier alpha value is -1.62. The van der Waals surface area contributed by atoms with Gasteiger partial charge in [0, 0.05) is 12.7 Å². The number of urea groups is 1. The van der Waals surface area contributed by atoms with Gasteiger partial charge in [-0.2, -0.15) is 0 Å². The molecular weight excluding hydrogens is 278 g/mol. The number of carbonyl (C=O) groups is 1. The number of nitrogens with zero attached hydrogens (tertiary/aromatic N) is 1. The monoisotopic (exact) mass is 303 g/mol. The van der Waals surface area contributed by atoms with Gasteiger partial charge in [0.25, 0.3) is 0 Å². The molecule has 1 heterocycles. The molecular formula is C17H25N3O2. The normalized spacial score (nSPS) is 21.9. The number of carbonyl (C=O) groups excluding carboxylic acids is 1. The van der Waals surface area contributed by atoms with E-state index < -0.39 is 5.60 Å². The highest BCUT2D eigenvalue weighted by molar-refractivity contribution is 5.74. The smallest absolute Gasteiger partial charge is 0.315 e. The molecule has 2 aliphatic rings. The van der Waals surface area contributed by atoms with Crippen molar-refractivity contribution < 1.29 is 9.90 Å². The van der Waals surface area contributed by atoms with Crippen molar-refractivity contribution >= 4 is 6.03 Å². The molecule has 3 N–H and O–H groups in total. The first-order chi connectivity index (χ1) is 10.7. The molecule has 5 heteroatoms. The Balaban J connectivity index is 1.60. The molecule has 2 aliphatic carbocycles. The van der Waals surface area contributed by atoms with Crippen molar-refractivity contribution in [3.8, 4) is 0 Å². The summed E-state index contributed by atoms with van der Waals surface area (Å²) >= 11 is 0. The molecule has 22 heavy (non-hydrogen) atoms. The average Bonchev–Trinajstić information content (AvgIpc) is 3.03. The number of hydrogen-bond donors (Lipinski definition) is 3. The maximum absolute atomic E-state index is 12.2. The van der Waals surface area contributed by atoms with Gasteiger partial charge in [-0.3, -0.25) is 4.98 Å². The van der Waals surface area contributed by atoms with Crippen LogP contribution in [0.15, 0.2) is 24.4 Å². The van der Waals surface area contributed by atoms with Crippen LogP contribution in [-0.4, -0.2) is 28.3 Å². The summed E-state index contributed by atoms with van der Waals surface area (Å²) in [5, 5.41) is 16.0. The van der Waals surface area contributed by atoms with Crippen LogP contribution < -0.4 is 10.6 Å². The lowest BCUT2D eigenvalue weighted by Crippen LogP contribution is -2.51. The van der Waals surface area contributed by atoms with Crippen molar-refractivity contribution in [2.75, 3.05) is 6.54 Å². The van der Waals surface area contributed by atoms with E-state index in [2.05, 4.69) is 15.6 Å². The fourth-order valence-electron chi connectivity index (χ4n) is 3.48. The zero-order chi connectivity index (χ0) is 15.4. The molecule has 3 rings (SSSR count). The van der Waals surface area contributed by atoms with Crippen LogP contribution in [0.3, 0.4) is 0 Å². The zero-order valence-electron chi connectivity index (χ0n) is 12.9. The number of nitrogens with one attached hydrogen (secondary N) is 2. The van der Waals surface area contributed by atoms with E-state index >= 15 is 0 Å². The summed E-state index contributed by atoms with van der Waals surface area (Å²) in [5.41, 5.74) is 0.234. The van der Waals surface area contributed by atoms with Crippen molar-refractivity contribution in [3.05, 3.63) is 30.1 Å². The molecule has 0 radical (unpaired) electrons. The van der Waals surface area contributed by atoms with E-state index in [1.807, 2.05) is 18.2 Å². The molecule has 1 aromatic heterocycles. The molecule has 1 atom stereocenters. The Labute approximate surface area is 131 Å². The molecule has 2 fully saturated rings. The van der Waals surface area contributed by atoms with Gasteiger partial charge in [0.05, 0.1) is 17.3 Å². The van der Waals surface area contributed by atoms with Crippen molar-refractivity contribution in [2.45, 2.75) is 56.6 Å². The average molecular weight is 303 g/mol. The van der Waals surface area contributed by atoms with Crippen LogP contribution in [0, 0.1) is 5.92 Å². The standard InChI is InChI=1S/C17H25N3O2/c21-16(19-12-17(22)9-5-10-17)20-15(13-6-1-2-7-13)14-8-3-4-11-18-14/h3-4,8,11,13,15,22H,1-2,5-7,9-10,12H2,(H2,19,20,21)/t15-/m1/s1. The fraction of sp³-hybridized carbons (Fsp3) is 0.647. The third-order valence-corrected chi connectivity index (χ3v) is 5.03. The van der Waals surface area contributed by atoms with Crippen molar-refractivity contribution in [1.82, 2.24) is 15.6 Å². The van der Waals surface area contributed by atoms with Gasteiger partial charge in [0.1, 0.15) is 0 Å². The summed E-state index contributed by atoms with van der Waals surface area (Å²) in [6.45, 7) is 0.332. The summed E-state index contributed by atoms with van der Waals surface area (Å²) in [7, 11) is 0. The third-order valence-electron chi connectivity index (χ3n) is 5.03. The van der Waals surface area contributed by atoms with Crippen LogP contribution in [0.25, 0.3) is 0 Å². The summed E-state index contributed by atoms with van der Waals surface area (Å²) in [6.07, 6.45) is 9.07. The first-order valence-corrected chi connectivity index (χ1v) is 8.34. The second-order valence-corrected chi connectivity index (χ2v) is 6.68. The Bertz CT molecular complexity index is 496. The Morgan fingerprint density at radius 3 is 2.68 bits per heavy atom. The number of pyridine rings is 1. The minimum Gasteiger partial charge on any atom is -0.388 e. The highest BCUT2D eigenvalue weighted by Gasteiger charge is 2.35. The zero-order valence-corrected chi connectivity index (χ0v) is 12.9. The van der Waals surface area contributed by atoms with E-state index in [1.165, 1.54) is 12.8 Å². The molecule has 0 aliphatic heterocycles. The fourth-order valence-corrected chi connectivity index (χ4v) is 3.48. The quantitative estimate of drug-likeness (QED) is 0.782. The second-order valence-electron chi connectivity index (χ2n) is 6.68. The van der Waals surface area contributed by atoms with E-state index in [9.17, 15) is 9.90 Å². The second kappa shape index (κ2) is 6.65. The number of aliphatic hydroxyl groups is 1. The summed E-state index contributed by atoms with van der Waals surface area (Å²) < 4.78 is 0. The molecule has 0 unspecified atom stereocenters. The first-order valence-electron chi connectivity index (χ1n) is 8.34. The summed E-state index contributed by atoms with van der Waals surface area (Å²) in [4.78, 5) is 16.6. The number of amides is 2. The largest absolute Gasteiger partial charge is 0.388 e. The Morgan fingerprint density at radius 1 is 1.32 bits per heavy atom. The van der Waals surface area contributed by atoms with Crippen molar-refractivity contribution in [1.29, 1.82) is 0 Å². The van der Waals surface area contributed by atoms with E-state index in [1.54, 1.807) is 6.20 Å². The van der Waals surface area contributed by atoms with Crippen LogP contribution in [0.1, 0.15) is 56.7 Å². The van der Waals surface area contributed by atoms with Crippen molar-refractivity contribution in [3.63, 3.8) is 0 Å². The number of hydrogen-bond acceptors (Lipinski definition) is 3. The van der Waals surface area contributed by atoms with Crippen LogP contribution in [-0.2, 0) is 0 Å². The summed E-state index contributed by atoms with van der Waals surface area (Å²) in [6, 6.07) is 5.58. The minimum atomic E-state index is -0.689.